The van der Waals surface area contributed by atoms with Gasteiger partial charge in [-0.1, -0.05) is 32.9 Å². The van der Waals surface area contributed by atoms with Gasteiger partial charge in [0.2, 0.25) is 5.91 Å². The largest absolute Gasteiger partial charge is 0.364 e. The SMILES string of the molecule is Cc1ccc(NC(=O)Nc2sc(C(C)(C)C)cc2C(=O)N2CCNC(=O)C2(C)C)cc1CCc1ccc(C(N)=O)nc1. The summed E-state index contributed by atoms with van der Waals surface area (Å²) in [6, 6.07) is 10.5. The van der Waals surface area contributed by atoms with Crippen LogP contribution in [0, 0.1) is 6.92 Å². The fourth-order valence-electron chi connectivity index (χ4n) is 4.69. The number of aromatic nitrogens is 1. The summed E-state index contributed by atoms with van der Waals surface area (Å²) >= 11 is 1.36. The number of nitrogens with two attached hydrogens (primary N) is 1. The summed E-state index contributed by atoms with van der Waals surface area (Å²) in [5.41, 5.74) is 8.32. The monoisotopic (exact) mass is 590 g/mol. The second kappa shape index (κ2) is 11.9. The van der Waals surface area contributed by atoms with Crippen LogP contribution in [-0.2, 0) is 23.1 Å². The number of thiophene rings is 1. The van der Waals surface area contributed by atoms with E-state index in [1.807, 2.05) is 58.0 Å². The maximum Gasteiger partial charge on any atom is 0.324 e. The highest BCUT2D eigenvalue weighted by molar-refractivity contribution is 7.16. The fraction of sp³-hybridized carbons (Fsp3) is 0.387. The molecule has 3 aromatic rings. The number of carbonyl (C=O) groups excluding carboxylic acids is 4. The van der Waals surface area contributed by atoms with E-state index in [-0.39, 0.29) is 22.9 Å². The van der Waals surface area contributed by atoms with Gasteiger partial charge in [0, 0.05) is 29.9 Å². The summed E-state index contributed by atoms with van der Waals surface area (Å²) in [6.45, 7) is 12.3. The average Bonchev–Trinajstić information content (AvgIpc) is 3.34. The number of benzene rings is 1. The van der Waals surface area contributed by atoms with E-state index >= 15 is 0 Å². The Morgan fingerprint density at radius 1 is 1.10 bits per heavy atom. The van der Waals surface area contributed by atoms with Crippen molar-refractivity contribution in [3.8, 4) is 0 Å². The summed E-state index contributed by atoms with van der Waals surface area (Å²) in [6.07, 6.45) is 3.05. The zero-order chi connectivity index (χ0) is 30.8. The minimum Gasteiger partial charge on any atom is -0.364 e. The van der Waals surface area contributed by atoms with Crippen LogP contribution in [0.15, 0.2) is 42.6 Å². The number of nitrogens with zero attached hydrogens (tertiary/aromatic N) is 2. The molecule has 5 N–H and O–H groups in total. The van der Waals surface area contributed by atoms with Crippen LogP contribution in [0.4, 0.5) is 15.5 Å². The Labute approximate surface area is 250 Å². The molecule has 1 aromatic carbocycles. The predicted molar refractivity (Wildman–Crippen MR) is 165 cm³/mol. The minimum atomic E-state index is -1.02. The summed E-state index contributed by atoms with van der Waals surface area (Å²) in [7, 11) is 0. The maximum absolute atomic E-state index is 13.7. The highest BCUT2D eigenvalue weighted by atomic mass is 32.1. The smallest absolute Gasteiger partial charge is 0.324 e. The number of aryl methyl sites for hydroxylation is 3. The Balaban J connectivity index is 1.50. The van der Waals surface area contributed by atoms with E-state index in [1.54, 1.807) is 31.0 Å². The van der Waals surface area contributed by atoms with Crippen molar-refractivity contribution >= 4 is 45.8 Å². The topological polar surface area (TPSA) is 147 Å². The Kier molecular flexibility index (Phi) is 8.72. The number of hydrogen-bond donors (Lipinski definition) is 4. The van der Waals surface area contributed by atoms with Crippen molar-refractivity contribution in [3.05, 3.63) is 75.4 Å². The first-order valence-corrected chi connectivity index (χ1v) is 14.7. The minimum absolute atomic E-state index is 0.213. The molecule has 42 heavy (non-hydrogen) atoms. The Morgan fingerprint density at radius 2 is 1.83 bits per heavy atom. The lowest BCUT2D eigenvalue weighted by Crippen LogP contribution is -2.63. The van der Waals surface area contributed by atoms with Crippen molar-refractivity contribution in [1.29, 1.82) is 0 Å². The van der Waals surface area contributed by atoms with Crippen LogP contribution in [0.3, 0.4) is 0 Å². The van der Waals surface area contributed by atoms with Crippen molar-refractivity contribution in [2.24, 2.45) is 5.73 Å². The molecule has 1 aliphatic rings. The van der Waals surface area contributed by atoms with Gasteiger partial charge in [-0.05, 0) is 80.0 Å². The highest BCUT2D eigenvalue weighted by Gasteiger charge is 2.42. The number of anilines is 2. The standard InChI is InChI=1S/C31H38N6O4S/c1-18-7-11-21(15-20(18)10-8-19-9-12-23(25(32)38)34-17-19)35-29(41)36-26-22(16-24(42-26)30(2,3)4)27(39)37-14-13-33-28(40)31(37,5)6/h7,9,11-12,15-17H,8,10,13-14H2,1-6H3,(H2,32,38)(H,33,40)(H2,35,36,41). The quantitative estimate of drug-likeness (QED) is 0.317. The number of primary amides is 1. The molecule has 0 saturated carbocycles. The summed E-state index contributed by atoms with van der Waals surface area (Å²) in [4.78, 5) is 57.3. The molecule has 2 aromatic heterocycles. The lowest BCUT2D eigenvalue weighted by molar-refractivity contribution is -0.133. The van der Waals surface area contributed by atoms with E-state index in [9.17, 15) is 19.2 Å². The first kappa shape index (κ1) is 30.7. The zero-order valence-electron chi connectivity index (χ0n) is 24.9. The molecular formula is C31H38N6O4S. The second-order valence-electron chi connectivity index (χ2n) is 12.0. The summed E-state index contributed by atoms with van der Waals surface area (Å²) in [5.74, 6) is -1.08. The number of piperazine rings is 1. The van der Waals surface area contributed by atoms with E-state index in [0.717, 1.165) is 21.6 Å². The molecule has 1 aliphatic heterocycles. The van der Waals surface area contributed by atoms with Gasteiger partial charge in [0.25, 0.3) is 11.8 Å². The molecule has 3 heterocycles. The molecule has 11 heteroatoms. The molecule has 5 amide bonds. The van der Waals surface area contributed by atoms with Gasteiger partial charge < -0.3 is 21.3 Å². The molecule has 0 bridgehead atoms. The number of pyridine rings is 1. The van der Waals surface area contributed by atoms with E-state index in [4.69, 9.17) is 5.73 Å². The van der Waals surface area contributed by atoms with Gasteiger partial charge in [0.05, 0.1) is 5.56 Å². The van der Waals surface area contributed by atoms with E-state index in [1.165, 1.54) is 11.3 Å². The van der Waals surface area contributed by atoms with Crippen molar-refractivity contribution in [2.45, 2.75) is 65.3 Å². The number of urea groups is 1. The third-order valence-corrected chi connectivity index (χ3v) is 8.87. The molecule has 0 aliphatic carbocycles. The lowest BCUT2D eigenvalue weighted by Gasteiger charge is -2.41. The third-order valence-electron chi connectivity index (χ3n) is 7.39. The molecule has 0 unspecified atom stereocenters. The Bertz CT molecular complexity index is 1520. The molecular weight excluding hydrogens is 552 g/mol. The van der Waals surface area contributed by atoms with Crippen molar-refractivity contribution < 1.29 is 19.2 Å². The average molecular weight is 591 g/mol. The molecule has 1 fully saturated rings. The van der Waals surface area contributed by atoms with Crippen LogP contribution in [0.5, 0.6) is 0 Å². The van der Waals surface area contributed by atoms with Gasteiger partial charge in [-0.3, -0.25) is 24.7 Å². The number of carbonyl (C=O) groups is 4. The second-order valence-corrected chi connectivity index (χ2v) is 13.1. The fourth-order valence-corrected chi connectivity index (χ4v) is 5.80. The van der Waals surface area contributed by atoms with Crippen molar-refractivity contribution in [2.75, 3.05) is 23.7 Å². The van der Waals surface area contributed by atoms with Gasteiger partial charge in [-0.25, -0.2) is 4.79 Å². The van der Waals surface area contributed by atoms with Crippen molar-refractivity contribution in [1.82, 2.24) is 15.2 Å². The molecule has 0 radical (unpaired) electrons. The van der Waals surface area contributed by atoms with Crippen LogP contribution in [-0.4, -0.2) is 52.3 Å². The molecule has 4 rings (SSSR count). The molecule has 1 saturated heterocycles. The molecule has 0 spiro atoms. The number of nitrogens with one attached hydrogen (secondary N) is 3. The van der Waals surface area contributed by atoms with Crippen molar-refractivity contribution in [3.63, 3.8) is 0 Å². The van der Waals surface area contributed by atoms with Gasteiger partial charge in [0.1, 0.15) is 16.2 Å². The van der Waals surface area contributed by atoms with Gasteiger partial charge in [-0.2, -0.15) is 0 Å². The summed E-state index contributed by atoms with van der Waals surface area (Å²) < 4.78 is 0. The van der Waals surface area contributed by atoms with Crippen LogP contribution in [0.2, 0.25) is 0 Å². The van der Waals surface area contributed by atoms with Crippen LogP contribution >= 0.6 is 11.3 Å². The van der Waals surface area contributed by atoms with E-state index in [0.29, 0.717) is 42.2 Å². The van der Waals surface area contributed by atoms with Crippen LogP contribution in [0.25, 0.3) is 0 Å². The first-order valence-electron chi connectivity index (χ1n) is 13.8. The van der Waals surface area contributed by atoms with E-state index < -0.39 is 17.5 Å². The van der Waals surface area contributed by atoms with Gasteiger partial charge in [-0.15, -0.1) is 11.3 Å². The van der Waals surface area contributed by atoms with Crippen LogP contribution in [0.1, 0.15) is 77.0 Å². The normalized spacial score (nSPS) is 14.7. The van der Waals surface area contributed by atoms with Crippen LogP contribution < -0.4 is 21.7 Å². The van der Waals surface area contributed by atoms with Gasteiger partial charge in [0.15, 0.2) is 0 Å². The molecule has 0 atom stereocenters. The first-order chi connectivity index (χ1) is 19.7. The highest BCUT2D eigenvalue weighted by Crippen LogP contribution is 2.38. The Morgan fingerprint density at radius 3 is 2.48 bits per heavy atom. The zero-order valence-corrected chi connectivity index (χ0v) is 25.7. The number of rotatable bonds is 7. The molecule has 222 valence electrons. The number of amides is 5. The lowest BCUT2D eigenvalue weighted by atomic mass is 9.93. The van der Waals surface area contributed by atoms with Gasteiger partial charge >= 0.3 is 6.03 Å². The number of hydrogen-bond acceptors (Lipinski definition) is 6. The third kappa shape index (κ3) is 6.79. The predicted octanol–water partition coefficient (Wildman–Crippen LogP) is 4.63. The van der Waals surface area contributed by atoms with E-state index in [2.05, 4.69) is 20.9 Å². The Hall–Kier alpha value is -4.25. The molecule has 10 nitrogen and oxygen atoms in total. The maximum atomic E-state index is 13.7. The summed E-state index contributed by atoms with van der Waals surface area (Å²) in [5, 5.41) is 9.04.